The lowest BCUT2D eigenvalue weighted by atomic mass is 10.2. The van der Waals surface area contributed by atoms with Gasteiger partial charge in [0.15, 0.2) is 15.8 Å². The van der Waals surface area contributed by atoms with Crippen LogP contribution in [0.1, 0.15) is 17.5 Å². The van der Waals surface area contributed by atoms with Gasteiger partial charge in [-0.15, -0.1) is 0 Å². The van der Waals surface area contributed by atoms with E-state index in [-0.39, 0.29) is 11.5 Å². The van der Waals surface area contributed by atoms with Crippen LogP contribution >= 0.6 is 11.6 Å². The monoisotopic (exact) mass is 408 g/mol. The number of guanidine groups is 1. The van der Waals surface area contributed by atoms with Gasteiger partial charge in [-0.05, 0) is 30.0 Å². The normalized spacial score (nSPS) is 12.0. The number of rotatable bonds is 9. The number of aliphatic imine (C=N–C) groups is 1. The fourth-order valence-corrected chi connectivity index (χ4v) is 4.04. The molecule has 146 valence electrons. The molecule has 6 nitrogen and oxygen atoms in total. The predicted octanol–water partition coefficient (Wildman–Crippen LogP) is 2.45. The first kappa shape index (κ1) is 21.2. The van der Waals surface area contributed by atoms with Crippen LogP contribution in [-0.4, -0.2) is 45.3 Å². The summed E-state index contributed by atoms with van der Waals surface area (Å²) in [5.74, 6) is 0.871. The summed E-state index contributed by atoms with van der Waals surface area (Å²) < 4.78 is 24.4. The van der Waals surface area contributed by atoms with Crippen LogP contribution in [0.5, 0.6) is 0 Å². The van der Waals surface area contributed by atoms with E-state index in [2.05, 4.69) is 20.6 Å². The zero-order valence-corrected chi connectivity index (χ0v) is 16.9. The molecule has 8 heteroatoms. The minimum absolute atomic E-state index is 0.0793. The molecule has 0 saturated heterocycles. The van der Waals surface area contributed by atoms with Crippen LogP contribution in [0, 0.1) is 0 Å². The van der Waals surface area contributed by atoms with Crippen LogP contribution in [0.3, 0.4) is 0 Å². The van der Waals surface area contributed by atoms with Crippen LogP contribution in [-0.2, 0) is 22.0 Å². The summed E-state index contributed by atoms with van der Waals surface area (Å²) in [7, 11) is -1.43. The fourth-order valence-electron chi connectivity index (χ4n) is 2.50. The molecule has 1 aromatic carbocycles. The molecule has 0 unspecified atom stereocenters. The number of nitrogens with one attached hydrogen (secondary N) is 2. The van der Waals surface area contributed by atoms with Gasteiger partial charge >= 0.3 is 0 Å². The van der Waals surface area contributed by atoms with Crippen molar-refractivity contribution in [2.24, 2.45) is 4.99 Å². The summed E-state index contributed by atoms with van der Waals surface area (Å²) in [5, 5.41) is 6.82. The molecule has 0 amide bonds. The zero-order chi connectivity index (χ0) is 19.5. The fraction of sp³-hybridized carbons (Fsp3) is 0.368. The van der Waals surface area contributed by atoms with Crippen molar-refractivity contribution in [3.05, 3.63) is 64.9 Å². The van der Waals surface area contributed by atoms with Crippen molar-refractivity contribution in [1.82, 2.24) is 15.6 Å². The molecule has 0 spiro atoms. The van der Waals surface area contributed by atoms with Crippen molar-refractivity contribution >= 4 is 27.4 Å². The van der Waals surface area contributed by atoms with Crippen molar-refractivity contribution in [2.45, 2.75) is 18.6 Å². The molecule has 0 aliphatic carbocycles. The van der Waals surface area contributed by atoms with Crippen molar-refractivity contribution in [3.8, 4) is 0 Å². The molecule has 1 aromatic heterocycles. The van der Waals surface area contributed by atoms with Crippen molar-refractivity contribution in [3.63, 3.8) is 0 Å². The number of halogens is 1. The standard InChI is InChI=1S/C19H25ClN4O2S/c1-21-19(23-12-10-16-8-9-18(20)24-14-16)22-11-5-13-27(25,26)15-17-6-3-2-4-7-17/h2-4,6-9,14H,5,10-13,15H2,1H3,(H2,21,22,23). The molecule has 0 saturated carbocycles. The second-order valence-electron chi connectivity index (χ2n) is 6.10. The van der Waals surface area contributed by atoms with Gasteiger partial charge in [0.25, 0.3) is 0 Å². The molecule has 0 aliphatic rings. The average Bonchev–Trinajstić information content (AvgIpc) is 2.65. The Morgan fingerprint density at radius 3 is 2.48 bits per heavy atom. The minimum Gasteiger partial charge on any atom is -0.356 e. The third kappa shape index (κ3) is 8.41. The van der Waals surface area contributed by atoms with E-state index in [1.54, 1.807) is 19.3 Å². The molecule has 2 aromatic rings. The van der Waals surface area contributed by atoms with E-state index >= 15 is 0 Å². The van der Waals surface area contributed by atoms with Crippen LogP contribution in [0.2, 0.25) is 5.15 Å². The Balaban J connectivity index is 1.66. The van der Waals surface area contributed by atoms with E-state index in [1.807, 2.05) is 36.4 Å². The van der Waals surface area contributed by atoms with E-state index in [0.29, 0.717) is 30.6 Å². The number of hydrogen-bond donors (Lipinski definition) is 2. The Bertz CT molecular complexity index is 825. The first-order chi connectivity index (χ1) is 13.0. The van der Waals surface area contributed by atoms with E-state index < -0.39 is 9.84 Å². The van der Waals surface area contributed by atoms with Crippen LogP contribution in [0.25, 0.3) is 0 Å². The molecule has 1 heterocycles. The third-order valence-electron chi connectivity index (χ3n) is 3.87. The number of aromatic nitrogens is 1. The first-order valence-corrected chi connectivity index (χ1v) is 11.0. The maximum Gasteiger partial charge on any atom is 0.190 e. The first-order valence-electron chi connectivity index (χ1n) is 8.78. The highest BCUT2D eigenvalue weighted by Gasteiger charge is 2.11. The lowest BCUT2D eigenvalue weighted by Gasteiger charge is -2.12. The number of benzene rings is 1. The minimum atomic E-state index is -3.11. The van der Waals surface area contributed by atoms with E-state index in [9.17, 15) is 8.42 Å². The highest BCUT2D eigenvalue weighted by Crippen LogP contribution is 2.07. The summed E-state index contributed by atoms with van der Waals surface area (Å²) in [5.41, 5.74) is 1.90. The van der Waals surface area contributed by atoms with Crippen molar-refractivity contribution < 1.29 is 8.42 Å². The van der Waals surface area contributed by atoms with Crippen LogP contribution in [0.4, 0.5) is 0 Å². The Hall–Kier alpha value is -2.12. The molecular weight excluding hydrogens is 384 g/mol. The molecule has 0 radical (unpaired) electrons. The number of sulfone groups is 1. The van der Waals surface area contributed by atoms with Crippen molar-refractivity contribution in [1.29, 1.82) is 0 Å². The topological polar surface area (TPSA) is 83.5 Å². The number of pyridine rings is 1. The van der Waals surface area contributed by atoms with Gasteiger partial charge in [-0.25, -0.2) is 13.4 Å². The lowest BCUT2D eigenvalue weighted by molar-refractivity contribution is 0.591. The average molecular weight is 409 g/mol. The smallest absolute Gasteiger partial charge is 0.190 e. The maximum atomic E-state index is 12.2. The van der Waals surface area contributed by atoms with Gasteiger partial charge in [0.05, 0.1) is 11.5 Å². The molecule has 0 aliphatic heterocycles. The number of hydrogen-bond acceptors (Lipinski definition) is 4. The van der Waals surface area contributed by atoms with E-state index in [4.69, 9.17) is 11.6 Å². The summed E-state index contributed by atoms with van der Waals surface area (Å²) in [4.78, 5) is 8.19. The van der Waals surface area contributed by atoms with Gasteiger partial charge in [-0.3, -0.25) is 4.99 Å². The second kappa shape index (κ2) is 10.9. The Morgan fingerprint density at radius 2 is 1.81 bits per heavy atom. The summed E-state index contributed by atoms with van der Waals surface area (Å²) >= 11 is 5.77. The Morgan fingerprint density at radius 1 is 1.07 bits per heavy atom. The van der Waals surface area contributed by atoms with Gasteiger partial charge in [0.2, 0.25) is 0 Å². The highest BCUT2D eigenvalue weighted by molar-refractivity contribution is 7.90. The van der Waals surface area contributed by atoms with Gasteiger partial charge in [0.1, 0.15) is 5.15 Å². The van der Waals surface area contributed by atoms with Gasteiger partial charge in [-0.1, -0.05) is 48.0 Å². The third-order valence-corrected chi connectivity index (χ3v) is 5.78. The largest absolute Gasteiger partial charge is 0.356 e. The summed E-state index contributed by atoms with van der Waals surface area (Å²) in [6.45, 7) is 1.23. The molecule has 2 N–H and O–H groups in total. The summed E-state index contributed by atoms with van der Waals surface area (Å²) in [6, 6.07) is 12.9. The predicted molar refractivity (Wildman–Crippen MR) is 111 cm³/mol. The molecule has 27 heavy (non-hydrogen) atoms. The molecule has 0 bridgehead atoms. The number of nitrogens with zero attached hydrogens (tertiary/aromatic N) is 2. The SMILES string of the molecule is CN=C(NCCCS(=O)(=O)Cc1ccccc1)NCCc1ccc(Cl)nc1. The molecule has 2 rings (SSSR count). The summed E-state index contributed by atoms with van der Waals surface area (Å²) in [6.07, 6.45) is 3.06. The molecule has 0 fully saturated rings. The Labute approximate surface area is 166 Å². The van der Waals surface area contributed by atoms with Gasteiger partial charge in [-0.2, -0.15) is 0 Å². The van der Waals surface area contributed by atoms with Crippen molar-refractivity contribution in [2.75, 3.05) is 25.9 Å². The molecular formula is C19H25ClN4O2S. The van der Waals surface area contributed by atoms with E-state index in [0.717, 1.165) is 17.5 Å². The van der Waals surface area contributed by atoms with E-state index in [1.165, 1.54) is 0 Å². The van der Waals surface area contributed by atoms with Crippen LogP contribution < -0.4 is 10.6 Å². The lowest BCUT2D eigenvalue weighted by Crippen LogP contribution is -2.39. The quantitative estimate of drug-likeness (QED) is 0.288. The second-order valence-corrected chi connectivity index (χ2v) is 8.67. The Kier molecular flexibility index (Phi) is 8.54. The molecule has 0 atom stereocenters. The van der Waals surface area contributed by atoms with Gasteiger partial charge in [0, 0.05) is 26.3 Å². The zero-order valence-electron chi connectivity index (χ0n) is 15.4. The van der Waals surface area contributed by atoms with Crippen LogP contribution in [0.15, 0.2) is 53.7 Å². The van der Waals surface area contributed by atoms with Gasteiger partial charge < -0.3 is 10.6 Å². The highest BCUT2D eigenvalue weighted by atomic mass is 35.5. The maximum absolute atomic E-state index is 12.2.